The second-order valence-electron chi connectivity index (χ2n) is 6.48. The summed E-state index contributed by atoms with van der Waals surface area (Å²) >= 11 is 5.89. The van der Waals surface area contributed by atoms with Gasteiger partial charge in [0.25, 0.3) is 5.56 Å². The van der Waals surface area contributed by atoms with Crippen LogP contribution in [0, 0.1) is 0 Å². The highest BCUT2D eigenvalue weighted by atomic mass is 35.5. The molecule has 0 atom stereocenters. The number of aromatic nitrogens is 2. The van der Waals surface area contributed by atoms with Gasteiger partial charge in [-0.15, -0.1) is 0 Å². The smallest absolute Gasteiger partial charge is 0.254 e. The molecule has 0 spiro atoms. The van der Waals surface area contributed by atoms with E-state index in [2.05, 4.69) is 29.1 Å². The number of amides is 1. The fourth-order valence-corrected chi connectivity index (χ4v) is 3.19. The monoisotopic (exact) mass is 395 g/mol. The zero-order chi connectivity index (χ0) is 20.1. The van der Waals surface area contributed by atoms with E-state index >= 15 is 0 Å². The molecule has 1 aromatic heterocycles. The summed E-state index contributed by atoms with van der Waals surface area (Å²) in [5, 5.41) is 3.58. The van der Waals surface area contributed by atoms with Crippen molar-refractivity contribution in [1.82, 2.24) is 9.97 Å². The summed E-state index contributed by atoms with van der Waals surface area (Å²) < 4.78 is 0. The number of para-hydroxylation sites is 1. The van der Waals surface area contributed by atoms with Gasteiger partial charge < -0.3 is 10.3 Å². The second kappa shape index (κ2) is 8.85. The number of carbonyl (C=O) groups excluding carboxylic acids is 1. The van der Waals surface area contributed by atoms with Gasteiger partial charge >= 0.3 is 0 Å². The van der Waals surface area contributed by atoms with Gasteiger partial charge in [0.1, 0.15) is 5.82 Å². The van der Waals surface area contributed by atoms with E-state index in [9.17, 15) is 9.59 Å². The maximum Gasteiger partial charge on any atom is 0.254 e. The fraction of sp³-hybridized carbons (Fsp3) is 0.227. The molecule has 144 valence electrons. The SMILES string of the molecule is CCc1cccc(CC)c1NC(=O)Cc1cnc(-c2ccc(Cl)cc2)[nH]c1=O. The molecule has 0 saturated heterocycles. The third-order valence-corrected chi connectivity index (χ3v) is 4.86. The number of H-pyrrole nitrogens is 1. The van der Waals surface area contributed by atoms with Crippen LogP contribution in [0.4, 0.5) is 5.69 Å². The Balaban J connectivity index is 1.78. The highest BCUT2D eigenvalue weighted by Crippen LogP contribution is 2.23. The first-order valence-corrected chi connectivity index (χ1v) is 9.64. The molecule has 0 bridgehead atoms. The molecule has 3 aromatic rings. The van der Waals surface area contributed by atoms with Crippen molar-refractivity contribution in [3.63, 3.8) is 0 Å². The van der Waals surface area contributed by atoms with Crippen molar-refractivity contribution in [2.24, 2.45) is 0 Å². The van der Waals surface area contributed by atoms with Crippen molar-refractivity contribution in [3.05, 3.63) is 80.7 Å². The summed E-state index contributed by atoms with van der Waals surface area (Å²) in [4.78, 5) is 32.0. The zero-order valence-electron chi connectivity index (χ0n) is 15.9. The lowest BCUT2D eigenvalue weighted by Gasteiger charge is -2.14. The second-order valence-corrected chi connectivity index (χ2v) is 6.91. The van der Waals surface area contributed by atoms with Crippen LogP contribution in [0.15, 0.2) is 53.5 Å². The summed E-state index contributed by atoms with van der Waals surface area (Å²) in [6.07, 6.45) is 3.06. The van der Waals surface area contributed by atoms with E-state index in [-0.39, 0.29) is 17.9 Å². The van der Waals surface area contributed by atoms with E-state index in [1.807, 2.05) is 18.2 Å². The number of benzene rings is 2. The number of carbonyl (C=O) groups is 1. The van der Waals surface area contributed by atoms with E-state index in [0.717, 1.165) is 35.2 Å². The van der Waals surface area contributed by atoms with Crippen molar-refractivity contribution in [3.8, 4) is 11.4 Å². The summed E-state index contributed by atoms with van der Waals surface area (Å²) in [6, 6.07) is 13.0. The van der Waals surface area contributed by atoms with Crippen molar-refractivity contribution in [1.29, 1.82) is 0 Å². The van der Waals surface area contributed by atoms with Crippen molar-refractivity contribution in [2.75, 3.05) is 5.32 Å². The van der Waals surface area contributed by atoms with Crippen LogP contribution in [0.2, 0.25) is 5.02 Å². The van der Waals surface area contributed by atoms with Gasteiger partial charge in [-0.05, 0) is 48.2 Å². The number of hydrogen-bond donors (Lipinski definition) is 2. The van der Waals surface area contributed by atoms with Gasteiger partial charge in [0, 0.05) is 28.0 Å². The maximum absolute atomic E-state index is 12.6. The minimum Gasteiger partial charge on any atom is -0.325 e. The molecule has 2 aromatic carbocycles. The first kappa shape index (κ1) is 19.8. The van der Waals surface area contributed by atoms with E-state index in [0.29, 0.717) is 16.4 Å². The Morgan fingerprint density at radius 3 is 2.25 bits per heavy atom. The summed E-state index contributed by atoms with van der Waals surface area (Å²) in [5.74, 6) is 0.206. The first-order valence-electron chi connectivity index (χ1n) is 9.26. The van der Waals surface area contributed by atoms with E-state index in [4.69, 9.17) is 11.6 Å². The first-order chi connectivity index (χ1) is 13.5. The average molecular weight is 396 g/mol. The predicted molar refractivity (Wildman–Crippen MR) is 113 cm³/mol. The molecule has 0 aliphatic carbocycles. The Hall–Kier alpha value is -2.92. The molecule has 0 fully saturated rings. The van der Waals surface area contributed by atoms with Crippen LogP contribution < -0.4 is 10.9 Å². The van der Waals surface area contributed by atoms with Crippen LogP contribution in [0.3, 0.4) is 0 Å². The molecule has 0 radical (unpaired) electrons. The van der Waals surface area contributed by atoms with Crippen LogP contribution in [0.5, 0.6) is 0 Å². The number of nitrogens with one attached hydrogen (secondary N) is 2. The van der Waals surface area contributed by atoms with Gasteiger partial charge in [-0.3, -0.25) is 9.59 Å². The predicted octanol–water partition coefficient (Wildman–Crippen LogP) is 4.40. The number of rotatable bonds is 6. The number of nitrogens with zero attached hydrogens (tertiary/aromatic N) is 1. The Labute approximate surface area is 168 Å². The standard InChI is InChI=1S/C22H22ClN3O2/c1-3-14-6-5-7-15(4-2)20(14)25-19(27)12-17-13-24-21(26-22(17)28)16-8-10-18(23)11-9-16/h5-11,13H,3-4,12H2,1-2H3,(H,25,27)(H,24,26,28). The van der Waals surface area contributed by atoms with Crippen LogP contribution in [0.25, 0.3) is 11.4 Å². The maximum atomic E-state index is 12.6. The minimum atomic E-state index is -0.324. The number of hydrogen-bond acceptors (Lipinski definition) is 3. The van der Waals surface area contributed by atoms with Gasteiger partial charge in [0.15, 0.2) is 0 Å². The number of aromatic amines is 1. The van der Waals surface area contributed by atoms with Crippen molar-refractivity contribution >= 4 is 23.2 Å². The third-order valence-electron chi connectivity index (χ3n) is 4.61. The lowest BCUT2D eigenvalue weighted by Crippen LogP contribution is -2.23. The molecule has 1 heterocycles. The molecule has 1 amide bonds. The van der Waals surface area contributed by atoms with E-state index in [1.54, 1.807) is 24.3 Å². The molecule has 0 aliphatic rings. The number of anilines is 1. The summed E-state index contributed by atoms with van der Waals surface area (Å²) in [5.41, 5.74) is 3.76. The molecular weight excluding hydrogens is 374 g/mol. The largest absolute Gasteiger partial charge is 0.325 e. The number of halogens is 1. The Kier molecular flexibility index (Phi) is 6.26. The quantitative estimate of drug-likeness (QED) is 0.649. The zero-order valence-corrected chi connectivity index (χ0v) is 16.6. The Morgan fingerprint density at radius 1 is 1.04 bits per heavy atom. The van der Waals surface area contributed by atoms with Gasteiger partial charge in [-0.2, -0.15) is 0 Å². The average Bonchev–Trinajstić information content (AvgIpc) is 2.70. The van der Waals surface area contributed by atoms with Gasteiger partial charge in [-0.1, -0.05) is 43.6 Å². The third kappa shape index (κ3) is 4.49. The minimum absolute atomic E-state index is 0.0373. The van der Waals surface area contributed by atoms with Gasteiger partial charge in [0.05, 0.1) is 6.42 Å². The van der Waals surface area contributed by atoms with Crippen LogP contribution in [0.1, 0.15) is 30.5 Å². The summed E-state index contributed by atoms with van der Waals surface area (Å²) in [7, 11) is 0. The molecule has 28 heavy (non-hydrogen) atoms. The van der Waals surface area contributed by atoms with Crippen LogP contribution in [-0.2, 0) is 24.1 Å². The Morgan fingerprint density at radius 2 is 1.68 bits per heavy atom. The number of aryl methyl sites for hydroxylation is 2. The topological polar surface area (TPSA) is 74.8 Å². The van der Waals surface area contributed by atoms with Crippen molar-refractivity contribution in [2.45, 2.75) is 33.1 Å². The summed E-state index contributed by atoms with van der Waals surface area (Å²) in [6.45, 7) is 4.10. The van der Waals surface area contributed by atoms with Crippen LogP contribution >= 0.6 is 11.6 Å². The molecule has 5 nitrogen and oxygen atoms in total. The van der Waals surface area contributed by atoms with E-state index in [1.165, 1.54) is 6.20 Å². The fourth-order valence-electron chi connectivity index (χ4n) is 3.06. The highest BCUT2D eigenvalue weighted by Gasteiger charge is 2.13. The highest BCUT2D eigenvalue weighted by molar-refractivity contribution is 6.30. The van der Waals surface area contributed by atoms with Gasteiger partial charge in [0.2, 0.25) is 5.91 Å². The molecule has 6 heteroatoms. The van der Waals surface area contributed by atoms with Crippen molar-refractivity contribution < 1.29 is 4.79 Å². The molecule has 3 rings (SSSR count). The lowest BCUT2D eigenvalue weighted by molar-refractivity contribution is -0.115. The Bertz CT molecular complexity index is 1020. The normalized spacial score (nSPS) is 10.7. The van der Waals surface area contributed by atoms with Crippen LogP contribution in [-0.4, -0.2) is 15.9 Å². The lowest BCUT2D eigenvalue weighted by atomic mass is 10.0. The van der Waals surface area contributed by atoms with Gasteiger partial charge in [-0.25, -0.2) is 4.98 Å². The van der Waals surface area contributed by atoms with E-state index < -0.39 is 0 Å². The molecule has 0 unspecified atom stereocenters. The molecular formula is C22H22ClN3O2. The molecule has 2 N–H and O–H groups in total. The molecule has 0 saturated carbocycles. The molecule has 0 aliphatic heterocycles.